The van der Waals surface area contributed by atoms with E-state index in [-0.39, 0.29) is 15.9 Å². The zero-order valence-electron chi connectivity index (χ0n) is 20.7. The molecule has 3 rings (SSSR count). The van der Waals surface area contributed by atoms with Crippen LogP contribution in [0.1, 0.15) is 101 Å². The Bertz CT molecular complexity index is 743. The summed E-state index contributed by atoms with van der Waals surface area (Å²) in [6.45, 7) is 22.9. The molecule has 0 spiro atoms. The predicted octanol–water partition coefficient (Wildman–Crippen LogP) is 9.00. The van der Waals surface area contributed by atoms with Crippen molar-refractivity contribution in [1.82, 2.24) is 0 Å². The molecule has 2 aromatic rings. The van der Waals surface area contributed by atoms with Gasteiger partial charge in [0.2, 0.25) is 0 Å². The second-order valence-corrected chi connectivity index (χ2v) is 12.1. The van der Waals surface area contributed by atoms with Gasteiger partial charge in [-0.1, -0.05) is 91.8 Å². The van der Waals surface area contributed by atoms with Crippen molar-refractivity contribution in [2.75, 3.05) is 22.9 Å². The van der Waals surface area contributed by atoms with Crippen LogP contribution in [0.25, 0.3) is 0 Å². The van der Waals surface area contributed by atoms with Crippen LogP contribution >= 0.6 is 19.1 Å². The van der Waals surface area contributed by atoms with E-state index in [1.165, 1.54) is 33.6 Å². The fraction of sp³-hybridized carbons (Fsp3) is 0.519. The van der Waals surface area contributed by atoms with E-state index < -0.39 is 0 Å². The van der Waals surface area contributed by atoms with Crippen molar-refractivity contribution >= 4 is 30.4 Å². The van der Waals surface area contributed by atoms with Gasteiger partial charge >= 0.3 is 35.0 Å². The number of rotatable bonds is 6. The molecular formula is C27H39Cl2N2Pd-. The summed E-state index contributed by atoms with van der Waals surface area (Å²) < 4.78 is 0. The molecule has 0 radical (unpaired) electrons. The number of hydrogen-bond acceptors (Lipinski definition) is 2. The molecule has 1 saturated heterocycles. The SMILES string of the molecule is CC(C)c1cccc(C(C)C)c1N1[CH-]N(c2c(C(C)C)cccc2C(C)C)CC1.[Cl][Pd][Cl]. The Morgan fingerprint density at radius 1 is 0.625 bits per heavy atom. The molecule has 0 aliphatic carbocycles. The Labute approximate surface area is 212 Å². The standard InChI is InChI=1S/C27H39N2.2ClH.Pd/c1-18(2)22-11-9-12-23(19(3)4)26(22)28-15-16-29(17-28)27-24(20(5)6)13-10-14-25(27)21(7)8;;;/h9-14,17-21H,15-16H2,1-8H3;2*1H;/q-1;;;+2/p-2. The number of halogens is 2. The van der Waals surface area contributed by atoms with Gasteiger partial charge in [-0.3, -0.25) is 0 Å². The van der Waals surface area contributed by atoms with Crippen LogP contribution in [0.4, 0.5) is 11.4 Å². The van der Waals surface area contributed by atoms with Crippen LogP contribution < -0.4 is 9.80 Å². The van der Waals surface area contributed by atoms with E-state index in [0.29, 0.717) is 23.7 Å². The van der Waals surface area contributed by atoms with Crippen LogP contribution in [-0.4, -0.2) is 13.1 Å². The van der Waals surface area contributed by atoms with Crippen LogP contribution in [0.2, 0.25) is 0 Å². The van der Waals surface area contributed by atoms with Gasteiger partial charge in [-0.05, 0) is 45.9 Å². The van der Waals surface area contributed by atoms with Gasteiger partial charge in [0, 0.05) is 24.5 Å². The molecule has 0 atom stereocenters. The molecule has 1 heterocycles. The van der Waals surface area contributed by atoms with Crippen LogP contribution in [0.5, 0.6) is 0 Å². The van der Waals surface area contributed by atoms with Gasteiger partial charge in [-0.15, -0.1) is 0 Å². The number of para-hydroxylation sites is 2. The summed E-state index contributed by atoms with van der Waals surface area (Å²) in [7, 11) is 9.63. The molecule has 0 N–H and O–H groups in total. The van der Waals surface area contributed by atoms with E-state index in [0.717, 1.165) is 13.1 Å². The van der Waals surface area contributed by atoms with Crippen molar-refractivity contribution in [3.63, 3.8) is 0 Å². The van der Waals surface area contributed by atoms with E-state index >= 15 is 0 Å². The van der Waals surface area contributed by atoms with Crippen LogP contribution in [0.15, 0.2) is 36.4 Å². The Morgan fingerprint density at radius 2 is 0.875 bits per heavy atom. The molecule has 5 heteroatoms. The molecule has 0 bridgehead atoms. The molecule has 1 fully saturated rings. The van der Waals surface area contributed by atoms with Gasteiger partial charge in [0.1, 0.15) is 0 Å². The molecule has 1 aliphatic heterocycles. The average molecular weight is 569 g/mol. The van der Waals surface area contributed by atoms with Crippen molar-refractivity contribution in [1.29, 1.82) is 0 Å². The first kappa shape index (κ1) is 27.5. The summed E-state index contributed by atoms with van der Waals surface area (Å²) in [6.07, 6.45) is 0. The van der Waals surface area contributed by atoms with Crippen LogP contribution in [0, 0.1) is 6.67 Å². The Morgan fingerprint density at radius 3 is 1.09 bits per heavy atom. The molecule has 32 heavy (non-hydrogen) atoms. The van der Waals surface area contributed by atoms with E-state index in [9.17, 15) is 0 Å². The fourth-order valence-corrected chi connectivity index (χ4v) is 4.53. The molecule has 0 saturated carbocycles. The minimum atomic E-state index is -0.106. The normalized spacial score (nSPS) is 14.2. The first-order chi connectivity index (χ1) is 15.1. The Kier molecular flexibility index (Phi) is 10.9. The third-order valence-electron chi connectivity index (χ3n) is 6.12. The second kappa shape index (κ2) is 12.7. The summed E-state index contributed by atoms with van der Waals surface area (Å²) in [4.78, 5) is 5.01. The fourth-order valence-electron chi connectivity index (χ4n) is 4.53. The topological polar surface area (TPSA) is 6.48 Å². The molecule has 1 aliphatic rings. The summed E-state index contributed by atoms with van der Waals surface area (Å²) in [5, 5.41) is 0. The molecule has 0 aromatic heterocycles. The van der Waals surface area contributed by atoms with Crippen LogP contribution in [-0.2, 0) is 15.9 Å². The summed E-state index contributed by atoms with van der Waals surface area (Å²) in [5.74, 6) is 2.06. The van der Waals surface area contributed by atoms with Crippen molar-refractivity contribution < 1.29 is 15.9 Å². The molecule has 0 amide bonds. The minimum absolute atomic E-state index is 0.106. The van der Waals surface area contributed by atoms with Gasteiger partial charge in [0.15, 0.2) is 0 Å². The molecule has 2 nitrogen and oxygen atoms in total. The summed E-state index contributed by atoms with van der Waals surface area (Å²) in [6, 6.07) is 13.7. The second-order valence-electron chi connectivity index (χ2n) is 9.74. The first-order valence-electron chi connectivity index (χ1n) is 11.6. The number of hydrogen-bond donors (Lipinski definition) is 0. The molecular weight excluding hydrogens is 530 g/mol. The predicted molar refractivity (Wildman–Crippen MR) is 140 cm³/mol. The van der Waals surface area contributed by atoms with E-state index in [4.69, 9.17) is 19.1 Å². The quantitative estimate of drug-likeness (QED) is 0.253. The first-order valence-corrected chi connectivity index (χ1v) is 15.6. The molecule has 0 unspecified atom stereocenters. The Balaban J connectivity index is 0.00000114. The van der Waals surface area contributed by atoms with E-state index in [2.05, 4.69) is 108 Å². The maximum absolute atomic E-state index is 4.81. The van der Waals surface area contributed by atoms with E-state index in [1.54, 1.807) is 0 Å². The third-order valence-corrected chi connectivity index (χ3v) is 6.12. The van der Waals surface area contributed by atoms with Gasteiger partial charge in [0.05, 0.1) is 0 Å². The van der Waals surface area contributed by atoms with Crippen molar-refractivity contribution in [3.8, 4) is 0 Å². The molecule has 182 valence electrons. The van der Waals surface area contributed by atoms with Crippen molar-refractivity contribution in [3.05, 3.63) is 65.3 Å². The van der Waals surface area contributed by atoms with Crippen molar-refractivity contribution in [2.45, 2.75) is 79.1 Å². The monoisotopic (exact) mass is 567 g/mol. The zero-order chi connectivity index (χ0) is 24.0. The third kappa shape index (κ3) is 6.45. The van der Waals surface area contributed by atoms with Crippen molar-refractivity contribution in [2.24, 2.45) is 0 Å². The van der Waals surface area contributed by atoms with Gasteiger partial charge in [-0.25, -0.2) is 0 Å². The average Bonchev–Trinajstić information content (AvgIpc) is 3.22. The summed E-state index contributed by atoms with van der Waals surface area (Å²) in [5.41, 5.74) is 8.67. The van der Waals surface area contributed by atoms with Gasteiger partial charge in [0.25, 0.3) is 0 Å². The number of benzene rings is 2. The van der Waals surface area contributed by atoms with Gasteiger partial charge < -0.3 is 9.80 Å². The molecule has 2 aromatic carbocycles. The van der Waals surface area contributed by atoms with Gasteiger partial charge in [-0.2, -0.15) is 6.67 Å². The number of anilines is 2. The van der Waals surface area contributed by atoms with Crippen LogP contribution in [0.3, 0.4) is 0 Å². The van der Waals surface area contributed by atoms with E-state index in [1.807, 2.05) is 0 Å². The Hall–Kier alpha value is -0.718. The summed E-state index contributed by atoms with van der Waals surface area (Å²) >= 11 is -0.106. The number of nitrogens with zero attached hydrogens (tertiary/aromatic N) is 2. The zero-order valence-corrected chi connectivity index (χ0v) is 23.8. The maximum atomic E-state index is 4.81.